The Morgan fingerprint density at radius 3 is 2.22 bits per heavy atom. The zero-order chi connectivity index (χ0) is 27.8. The maximum atomic E-state index is 14.4. The molecule has 0 radical (unpaired) electrons. The van der Waals surface area contributed by atoms with Crippen LogP contribution in [0.25, 0.3) is 0 Å². The third kappa shape index (κ3) is 8.44. The fourth-order valence-corrected chi connectivity index (χ4v) is 3.30. The fourth-order valence-electron chi connectivity index (χ4n) is 3.30. The van der Waals surface area contributed by atoms with Crippen LogP contribution in [0.5, 0.6) is 0 Å². The number of nitriles is 2. The van der Waals surface area contributed by atoms with Crippen molar-refractivity contribution in [1.29, 1.82) is 10.5 Å². The van der Waals surface area contributed by atoms with Gasteiger partial charge in [-0.15, -0.1) is 0 Å². The van der Waals surface area contributed by atoms with Crippen LogP contribution in [-0.2, 0) is 0 Å². The summed E-state index contributed by atoms with van der Waals surface area (Å²) in [6.07, 6.45) is 0.948. The first kappa shape index (κ1) is 31.3. The molecule has 0 fully saturated rings. The first-order valence-electron chi connectivity index (χ1n) is 11.6. The molecule has 0 spiro atoms. The Bertz CT molecular complexity index is 1050. The van der Waals surface area contributed by atoms with Gasteiger partial charge in [0.15, 0.2) is 0 Å². The normalized spacial score (nSPS) is 21.4. The highest BCUT2D eigenvalue weighted by atomic mass is 19.1. The molecule has 0 saturated carbocycles. The summed E-state index contributed by atoms with van der Waals surface area (Å²) in [5.74, 6) is -2.25. The van der Waals surface area contributed by atoms with Crippen molar-refractivity contribution >= 4 is 0 Å². The summed E-state index contributed by atoms with van der Waals surface area (Å²) in [5.41, 5.74) is 3.54. The number of aliphatic hydroxyl groups excluding tert-OH is 2. The van der Waals surface area contributed by atoms with E-state index in [1.165, 1.54) is 0 Å². The quantitative estimate of drug-likeness (QED) is 0.357. The number of halogens is 3. The Labute approximate surface area is 211 Å². The summed E-state index contributed by atoms with van der Waals surface area (Å²) in [7, 11) is 0. The van der Waals surface area contributed by atoms with Crippen molar-refractivity contribution in [3.8, 4) is 12.1 Å². The van der Waals surface area contributed by atoms with E-state index in [4.69, 9.17) is 16.3 Å². The van der Waals surface area contributed by atoms with Gasteiger partial charge < -0.3 is 26.6 Å². The van der Waals surface area contributed by atoms with Crippen LogP contribution in [0.3, 0.4) is 0 Å². The van der Waals surface area contributed by atoms with Crippen LogP contribution >= 0.6 is 0 Å². The summed E-state index contributed by atoms with van der Waals surface area (Å²) in [6.45, 7) is 11.5. The van der Waals surface area contributed by atoms with Gasteiger partial charge in [0.2, 0.25) is 0 Å². The van der Waals surface area contributed by atoms with E-state index < -0.39 is 46.7 Å². The van der Waals surface area contributed by atoms with Gasteiger partial charge in [-0.1, -0.05) is 26.0 Å². The zero-order valence-electron chi connectivity index (χ0n) is 21.5. The summed E-state index contributed by atoms with van der Waals surface area (Å²) in [5, 5.41) is 43.5. The molecule has 0 bridgehead atoms. The van der Waals surface area contributed by atoms with E-state index >= 15 is 0 Å². The number of benzene rings is 1. The lowest BCUT2D eigenvalue weighted by atomic mass is 9.76. The van der Waals surface area contributed by atoms with E-state index in [0.717, 1.165) is 12.1 Å². The summed E-state index contributed by atoms with van der Waals surface area (Å²) in [4.78, 5) is 0. The second kappa shape index (κ2) is 13.0. The second-order valence-corrected chi connectivity index (χ2v) is 10.2. The molecule has 2 rings (SSSR count). The highest BCUT2D eigenvalue weighted by Gasteiger charge is 2.41. The highest BCUT2D eigenvalue weighted by molar-refractivity contribution is 5.42. The Morgan fingerprint density at radius 1 is 1.11 bits per heavy atom. The standard InChI is InChI=1S/C14H22FN3O.C12H14F2N2O/c1-13(2,3)18-8-11(19)14(4)6-5-10(17)9(7-16)12(14)15;1-7(2)16-6-11(17)10-4-9(13)3-8(5-15)12(10)14/h5-6,10-11,18-19H,8,17H2,1-4H3;3-4,7,11,16-17H,6H2,1-2H3. The van der Waals surface area contributed by atoms with Gasteiger partial charge in [0.25, 0.3) is 0 Å². The number of rotatable bonds is 7. The predicted octanol–water partition coefficient (Wildman–Crippen LogP) is 3.25. The van der Waals surface area contributed by atoms with Crippen LogP contribution in [0.15, 0.2) is 35.7 Å². The third-order valence-corrected chi connectivity index (χ3v) is 5.60. The molecular weight excluding hydrogens is 471 g/mol. The molecule has 1 aliphatic carbocycles. The molecule has 1 aromatic rings. The lowest BCUT2D eigenvalue weighted by molar-refractivity contribution is 0.0698. The maximum Gasteiger partial charge on any atom is 0.147 e. The largest absolute Gasteiger partial charge is 0.390 e. The van der Waals surface area contributed by atoms with Gasteiger partial charge in [-0.25, -0.2) is 13.2 Å². The van der Waals surface area contributed by atoms with Crippen molar-refractivity contribution in [2.45, 2.75) is 71.4 Å². The SMILES string of the molecule is CC(C)(C)NCC(O)C1(C)C=CC(N)C(C#N)=C1F.CC(C)NCC(O)c1cc(F)cc(C#N)c1F. The third-order valence-electron chi connectivity index (χ3n) is 5.60. The number of nitrogens with zero attached hydrogens (tertiary/aromatic N) is 2. The first-order valence-corrected chi connectivity index (χ1v) is 11.6. The number of hydrogen-bond acceptors (Lipinski definition) is 7. The van der Waals surface area contributed by atoms with Crippen LogP contribution in [-0.4, -0.2) is 47.0 Å². The average Bonchev–Trinajstić information content (AvgIpc) is 2.80. The van der Waals surface area contributed by atoms with Gasteiger partial charge in [-0.3, -0.25) is 0 Å². The Morgan fingerprint density at radius 2 is 1.72 bits per heavy atom. The minimum Gasteiger partial charge on any atom is -0.390 e. The smallest absolute Gasteiger partial charge is 0.147 e. The molecule has 36 heavy (non-hydrogen) atoms. The molecule has 7 nitrogen and oxygen atoms in total. The van der Waals surface area contributed by atoms with Crippen molar-refractivity contribution in [1.82, 2.24) is 10.6 Å². The zero-order valence-corrected chi connectivity index (χ0v) is 21.5. The van der Waals surface area contributed by atoms with Gasteiger partial charge >= 0.3 is 0 Å². The maximum absolute atomic E-state index is 14.4. The lowest BCUT2D eigenvalue weighted by Gasteiger charge is -2.35. The monoisotopic (exact) mass is 507 g/mol. The van der Waals surface area contributed by atoms with E-state index in [1.807, 2.05) is 34.6 Å². The first-order chi connectivity index (χ1) is 16.6. The minimum atomic E-state index is -1.21. The minimum absolute atomic E-state index is 0.100. The van der Waals surface area contributed by atoms with Crippen molar-refractivity contribution in [2.24, 2.45) is 11.1 Å². The number of β-amino-alcohol motifs (C(OH)–C–C–N with tert-alkyl or cyclic N) is 1. The van der Waals surface area contributed by atoms with Gasteiger partial charge in [0, 0.05) is 30.2 Å². The van der Waals surface area contributed by atoms with E-state index in [1.54, 1.807) is 31.2 Å². The molecule has 0 heterocycles. The van der Waals surface area contributed by atoms with Crippen LogP contribution in [0, 0.1) is 39.7 Å². The van der Waals surface area contributed by atoms with Gasteiger partial charge in [0.1, 0.15) is 23.5 Å². The number of aliphatic hydroxyl groups is 2. The van der Waals surface area contributed by atoms with Gasteiger partial charge in [-0.2, -0.15) is 10.5 Å². The Hall–Kier alpha value is -2.73. The molecule has 4 atom stereocenters. The van der Waals surface area contributed by atoms with Crippen molar-refractivity contribution in [3.63, 3.8) is 0 Å². The number of nitrogens with two attached hydrogens (primary N) is 1. The van der Waals surface area contributed by atoms with Crippen LogP contribution in [0.2, 0.25) is 0 Å². The average molecular weight is 508 g/mol. The van der Waals surface area contributed by atoms with E-state index in [2.05, 4.69) is 10.6 Å². The van der Waals surface area contributed by atoms with Gasteiger partial charge in [0.05, 0.1) is 40.9 Å². The molecule has 1 aromatic carbocycles. The van der Waals surface area contributed by atoms with Crippen molar-refractivity contribution < 1.29 is 23.4 Å². The fraction of sp³-hybridized carbons (Fsp3) is 0.538. The van der Waals surface area contributed by atoms with E-state index in [-0.39, 0.29) is 35.8 Å². The van der Waals surface area contributed by atoms with Crippen molar-refractivity contribution in [2.75, 3.05) is 13.1 Å². The summed E-state index contributed by atoms with van der Waals surface area (Å²) >= 11 is 0. The predicted molar refractivity (Wildman–Crippen MR) is 132 cm³/mol. The van der Waals surface area contributed by atoms with Crippen LogP contribution in [0.1, 0.15) is 58.8 Å². The number of hydrogen-bond donors (Lipinski definition) is 5. The highest BCUT2D eigenvalue weighted by Crippen LogP contribution is 2.39. The summed E-state index contributed by atoms with van der Waals surface area (Å²) < 4.78 is 41.1. The summed E-state index contributed by atoms with van der Waals surface area (Å²) in [6, 6.07) is 4.43. The Kier molecular flexibility index (Phi) is 11.3. The molecule has 198 valence electrons. The Balaban J connectivity index is 0.000000362. The lowest BCUT2D eigenvalue weighted by Crippen LogP contribution is -2.47. The molecule has 0 aliphatic heterocycles. The van der Waals surface area contributed by atoms with Crippen molar-refractivity contribution in [3.05, 3.63) is 58.4 Å². The molecule has 1 aliphatic rings. The molecule has 0 saturated heterocycles. The number of nitrogens with one attached hydrogen (secondary N) is 2. The molecule has 0 aromatic heterocycles. The van der Waals surface area contributed by atoms with E-state index in [0.29, 0.717) is 0 Å². The van der Waals surface area contributed by atoms with Crippen LogP contribution < -0.4 is 16.4 Å². The van der Waals surface area contributed by atoms with Crippen LogP contribution in [0.4, 0.5) is 13.2 Å². The van der Waals surface area contributed by atoms with Gasteiger partial charge in [-0.05, 0) is 39.8 Å². The topological polar surface area (TPSA) is 138 Å². The molecule has 4 unspecified atom stereocenters. The molecular formula is C26H36F3N5O2. The van der Waals surface area contributed by atoms with E-state index in [9.17, 15) is 23.4 Å². The molecule has 6 N–H and O–H groups in total. The molecule has 0 amide bonds. The second-order valence-electron chi connectivity index (χ2n) is 10.2. The molecule has 10 heteroatoms.